The van der Waals surface area contributed by atoms with Crippen molar-refractivity contribution in [1.29, 1.82) is 0 Å². The normalized spacial score (nSPS) is 11.6. The van der Waals surface area contributed by atoms with Gasteiger partial charge in [0.1, 0.15) is 18.4 Å². The predicted molar refractivity (Wildman–Crippen MR) is 104 cm³/mol. The van der Waals surface area contributed by atoms with E-state index in [0.29, 0.717) is 5.75 Å². The Morgan fingerprint density at radius 3 is 2.57 bits per heavy atom. The van der Waals surface area contributed by atoms with Gasteiger partial charge >= 0.3 is 12.1 Å². The molecule has 0 bridgehead atoms. The number of carbonyl (C=O) groups excluding carboxylic acids is 2. The Bertz CT molecular complexity index is 952. The van der Waals surface area contributed by atoms with Gasteiger partial charge in [0.2, 0.25) is 0 Å². The smallest absolute Gasteiger partial charge is 0.408 e. The molecule has 1 aromatic heterocycles. The second kappa shape index (κ2) is 8.94. The van der Waals surface area contributed by atoms with Crippen molar-refractivity contribution in [3.8, 4) is 5.75 Å². The van der Waals surface area contributed by atoms with Crippen molar-refractivity contribution in [3.05, 3.63) is 65.9 Å². The Morgan fingerprint density at radius 2 is 1.86 bits per heavy atom. The Morgan fingerprint density at radius 1 is 1.07 bits per heavy atom. The molecule has 0 radical (unpaired) electrons. The van der Waals surface area contributed by atoms with Crippen LogP contribution in [-0.2, 0) is 27.3 Å². The SMILES string of the molecule is COC(=O)[C@H](Cc1c[nH]c2cccc(OC)c12)NC(=O)OCc1ccccc1. The van der Waals surface area contributed by atoms with Gasteiger partial charge in [-0.25, -0.2) is 9.59 Å². The molecule has 7 nitrogen and oxygen atoms in total. The van der Waals surface area contributed by atoms with E-state index in [4.69, 9.17) is 14.2 Å². The summed E-state index contributed by atoms with van der Waals surface area (Å²) in [5.74, 6) is 0.130. The second-order valence-electron chi connectivity index (χ2n) is 6.18. The Labute approximate surface area is 162 Å². The van der Waals surface area contributed by atoms with Crippen LogP contribution in [0.4, 0.5) is 4.79 Å². The van der Waals surface area contributed by atoms with Crippen LogP contribution in [0.3, 0.4) is 0 Å². The average Bonchev–Trinajstić information content (AvgIpc) is 3.15. The van der Waals surface area contributed by atoms with E-state index in [-0.39, 0.29) is 13.0 Å². The molecule has 28 heavy (non-hydrogen) atoms. The zero-order valence-corrected chi connectivity index (χ0v) is 15.7. The highest BCUT2D eigenvalue weighted by Gasteiger charge is 2.24. The number of hydrogen-bond donors (Lipinski definition) is 2. The van der Waals surface area contributed by atoms with Crippen LogP contribution in [0.5, 0.6) is 5.75 Å². The van der Waals surface area contributed by atoms with E-state index in [1.807, 2.05) is 48.5 Å². The molecule has 0 aliphatic carbocycles. The minimum absolute atomic E-state index is 0.113. The monoisotopic (exact) mass is 382 g/mol. The van der Waals surface area contributed by atoms with E-state index in [1.165, 1.54) is 7.11 Å². The van der Waals surface area contributed by atoms with Crippen LogP contribution < -0.4 is 10.1 Å². The maximum atomic E-state index is 12.2. The molecule has 146 valence electrons. The van der Waals surface area contributed by atoms with Gasteiger partial charge in [-0.3, -0.25) is 0 Å². The third kappa shape index (κ3) is 4.43. The number of fused-ring (bicyclic) bond motifs is 1. The van der Waals surface area contributed by atoms with Crippen LogP contribution in [0.1, 0.15) is 11.1 Å². The number of H-pyrrole nitrogens is 1. The summed E-state index contributed by atoms with van der Waals surface area (Å²) in [4.78, 5) is 27.5. The number of carbonyl (C=O) groups is 2. The minimum Gasteiger partial charge on any atom is -0.496 e. The fourth-order valence-corrected chi connectivity index (χ4v) is 3.01. The van der Waals surface area contributed by atoms with E-state index in [9.17, 15) is 9.59 Å². The van der Waals surface area contributed by atoms with E-state index in [0.717, 1.165) is 22.0 Å². The van der Waals surface area contributed by atoms with Crippen LogP contribution in [0.25, 0.3) is 10.9 Å². The first-order valence-electron chi connectivity index (χ1n) is 8.80. The molecule has 0 saturated carbocycles. The number of aromatic amines is 1. The van der Waals surface area contributed by atoms with Gasteiger partial charge in [0.15, 0.2) is 0 Å². The first kappa shape index (κ1) is 19.3. The molecule has 3 rings (SSSR count). The highest BCUT2D eigenvalue weighted by molar-refractivity contribution is 5.90. The van der Waals surface area contributed by atoms with Crippen LogP contribution in [-0.4, -0.2) is 37.3 Å². The number of amides is 1. The summed E-state index contributed by atoms with van der Waals surface area (Å²) in [6.45, 7) is 0.113. The third-order valence-electron chi connectivity index (χ3n) is 4.38. The highest BCUT2D eigenvalue weighted by Crippen LogP contribution is 2.29. The summed E-state index contributed by atoms with van der Waals surface area (Å²) in [5, 5.41) is 3.45. The molecule has 1 heterocycles. The first-order valence-corrected chi connectivity index (χ1v) is 8.80. The van der Waals surface area contributed by atoms with Crippen molar-refractivity contribution in [3.63, 3.8) is 0 Å². The van der Waals surface area contributed by atoms with Crippen LogP contribution in [0.2, 0.25) is 0 Å². The van der Waals surface area contributed by atoms with Gasteiger partial charge in [0.25, 0.3) is 0 Å². The molecule has 2 N–H and O–H groups in total. The number of methoxy groups -OCH3 is 2. The minimum atomic E-state index is -0.891. The Hall–Kier alpha value is -3.48. The summed E-state index contributed by atoms with van der Waals surface area (Å²) in [6, 6.07) is 14.0. The lowest BCUT2D eigenvalue weighted by molar-refractivity contribution is -0.142. The number of benzene rings is 2. The number of ether oxygens (including phenoxy) is 3. The molecule has 0 saturated heterocycles. The fraction of sp³-hybridized carbons (Fsp3) is 0.238. The summed E-state index contributed by atoms with van der Waals surface area (Å²) in [7, 11) is 2.87. The third-order valence-corrected chi connectivity index (χ3v) is 4.38. The lowest BCUT2D eigenvalue weighted by atomic mass is 10.0. The number of esters is 1. The van der Waals surface area contributed by atoms with Gasteiger partial charge in [-0.1, -0.05) is 36.4 Å². The summed E-state index contributed by atoms with van der Waals surface area (Å²) in [6.07, 6.45) is 1.33. The quantitative estimate of drug-likeness (QED) is 0.613. The number of hydrogen-bond acceptors (Lipinski definition) is 5. The van der Waals surface area contributed by atoms with Gasteiger partial charge in [-0.2, -0.15) is 0 Å². The lowest BCUT2D eigenvalue weighted by Gasteiger charge is -2.16. The van der Waals surface area contributed by atoms with E-state index >= 15 is 0 Å². The second-order valence-corrected chi connectivity index (χ2v) is 6.18. The standard InChI is InChI=1S/C21H22N2O5/c1-26-18-10-6-9-16-19(18)15(12-22-16)11-17(20(24)27-2)23-21(25)28-13-14-7-4-3-5-8-14/h3-10,12,17,22H,11,13H2,1-2H3,(H,23,25)/t17-/m0/s1. The summed E-state index contributed by atoms with van der Waals surface area (Å²) < 4.78 is 15.5. The van der Waals surface area contributed by atoms with Gasteiger partial charge in [0, 0.05) is 23.5 Å². The van der Waals surface area contributed by atoms with Crippen LogP contribution in [0, 0.1) is 0 Å². The maximum absolute atomic E-state index is 12.2. The van der Waals surface area contributed by atoms with E-state index in [1.54, 1.807) is 13.3 Å². The molecule has 2 aromatic carbocycles. The van der Waals surface area contributed by atoms with Crippen LogP contribution in [0.15, 0.2) is 54.7 Å². The molecule has 1 atom stereocenters. The number of rotatable bonds is 7. The van der Waals surface area contributed by atoms with E-state index in [2.05, 4.69) is 10.3 Å². The topological polar surface area (TPSA) is 89.7 Å². The number of nitrogens with one attached hydrogen (secondary N) is 2. The zero-order chi connectivity index (χ0) is 19.9. The van der Waals surface area contributed by atoms with Crippen molar-refractivity contribution >= 4 is 23.0 Å². The first-order chi connectivity index (χ1) is 13.6. The molecule has 1 amide bonds. The molecular weight excluding hydrogens is 360 g/mol. The Kier molecular flexibility index (Phi) is 6.16. The van der Waals surface area contributed by atoms with Gasteiger partial charge in [-0.05, 0) is 23.3 Å². The molecule has 0 aliphatic rings. The molecule has 7 heteroatoms. The van der Waals surface area contributed by atoms with Crippen LogP contribution >= 0.6 is 0 Å². The highest BCUT2D eigenvalue weighted by atomic mass is 16.6. The summed E-state index contributed by atoms with van der Waals surface area (Å²) >= 11 is 0. The summed E-state index contributed by atoms with van der Waals surface area (Å²) in [5.41, 5.74) is 2.56. The van der Waals surface area contributed by atoms with Crippen molar-refractivity contribution < 1.29 is 23.8 Å². The number of alkyl carbamates (subject to hydrolysis) is 1. The fourth-order valence-electron chi connectivity index (χ4n) is 3.01. The number of aromatic nitrogens is 1. The Balaban J connectivity index is 1.72. The van der Waals surface area contributed by atoms with Crippen molar-refractivity contribution in [1.82, 2.24) is 10.3 Å². The van der Waals surface area contributed by atoms with Crippen molar-refractivity contribution in [2.75, 3.05) is 14.2 Å². The van der Waals surface area contributed by atoms with Gasteiger partial charge in [0.05, 0.1) is 14.2 Å². The zero-order valence-electron chi connectivity index (χ0n) is 15.7. The molecule has 3 aromatic rings. The molecular formula is C21H22N2O5. The van der Waals surface area contributed by atoms with Crippen molar-refractivity contribution in [2.24, 2.45) is 0 Å². The lowest BCUT2D eigenvalue weighted by Crippen LogP contribution is -2.43. The largest absolute Gasteiger partial charge is 0.496 e. The van der Waals surface area contributed by atoms with E-state index < -0.39 is 18.1 Å². The molecule has 0 aliphatic heterocycles. The molecule has 0 fully saturated rings. The molecule has 0 unspecified atom stereocenters. The van der Waals surface area contributed by atoms with Crippen molar-refractivity contribution in [2.45, 2.75) is 19.1 Å². The average molecular weight is 382 g/mol. The van der Waals surface area contributed by atoms with Gasteiger partial charge in [-0.15, -0.1) is 0 Å². The predicted octanol–water partition coefficient (Wildman–Crippen LogP) is 3.19. The maximum Gasteiger partial charge on any atom is 0.408 e. The molecule has 0 spiro atoms. The van der Waals surface area contributed by atoms with Gasteiger partial charge < -0.3 is 24.5 Å².